The van der Waals surface area contributed by atoms with Gasteiger partial charge < -0.3 is 69.4 Å². The van der Waals surface area contributed by atoms with Gasteiger partial charge in [-0.1, -0.05) is 25.0 Å². The van der Waals surface area contributed by atoms with Gasteiger partial charge >= 0.3 is 64.1 Å². The van der Waals surface area contributed by atoms with Crippen molar-refractivity contribution in [3.05, 3.63) is 138 Å². The van der Waals surface area contributed by atoms with Crippen LogP contribution in [0.3, 0.4) is 0 Å². The Bertz CT molecular complexity index is 794. The molecule has 0 amide bonds. The van der Waals surface area contributed by atoms with Crippen LogP contribution in [0, 0.1) is 68.5 Å². The Labute approximate surface area is 303 Å². The van der Waals surface area contributed by atoms with Crippen molar-refractivity contribution in [2.75, 3.05) is 0 Å². The maximum Gasteiger partial charge on any atom is 2.00 e. The molecule has 6 heteroatoms. The van der Waals surface area contributed by atoms with Crippen LogP contribution in [0.25, 0.3) is 0 Å². The molecule has 0 aromatic heterocycles. The van der Waals surface area contributed by atoms with E-state index in [0.29, 0.717) is 11.8 Å². The summed E-state index contributed by atoms with van der Waals surface area (Å²) in [5.41, 5.74) is 12.4. The molecule has 4 aliphatic rings. The predicted molar refractivity (Wildman–Crippen MR) is 174 cm³/mol. The van der Waals surface area contributed by atoms with Crippen molar-refractivity contribution in [3.8, 4) is 0 Å². The SMILES string of the molecule is CC1=C(C)C(C)C(C2=C(C)C(C)=C(C)C2C)=C1C.[C-]1=CC=CC1.[C-]1=CC=CC1.[CH3-].[CH3-].[CH3-].[CH3-].[CH3-].[CH3-].[Cl-].[Cl-].[Cl][Zr][Cl].[Zr+2]. The van der Waals surface area contributed by atoms with Crippen molar-refractivity contribution >= 4 is 17.0 Å². The van der Waals surface area contributed by atoms with Gasteiger partial charge in [0.15, 0.2) is 0 Å². The zero-order chi connectivity index (χ0) is 23.6. The van der Waals surface area contributed by atoms with Crippen molar-refractivity contribution in [2.45, 2.75) is 68.2 Å². The molecule has 0 N–H and O–H groups in total. The van der Waals surface area contributed by atoms with Crippen LogP contribution in [-0.2, 0) is 47.1 Å². The molecule has 0 saturated heterocycles. The number of rotatable bonds is 1. The summed E-state index contributed by atoms with van der Waals surface area (Å²) < 4.78 is 0. The van der Waals surface area contributed by atoms with Gasteiger partial charge in [0.1, 0.15) is 0 Å². The number of allylic oxidation sites excluding steroid dienone is 16. The molecular formula is C34H54Cl4Zr2-8. The Morgan fingerprint density at radius 2 is 0.850 bits per heavy atom. The van der Waals surface area contributed by atoms with Gasteiger partial charge in [-0.25, -0.2) is 24.3 Å². The molecule has 40 heavy (non-hydrogen) atoms. The van der Waals surface area contributed by atoms with Crippen LogP contribution < -0.4 is 24.8 Å². The molecule has 0 aromatic rings. The van der Waals surface area contributed by atoms with E-state index in [1.54, 1.807) is 22.3 Å². The van der Waals surface area contributed by atoms with Gasteiger partial charge in [0.25, 0.3) is 0 Å². The first-order chi connectivity index (χ1) is 14.7. The van der Waals surface area contributed by atoms with E-state index in [1.165, 1.54) is 22.3 Å². The fraction of sp³-hybridized carbons (Fsp3) is 0.353. The minimum absolute atomic E-state index is 0. The van der Waals surface area contributed by atoms with E-state index in [1.807, 2.05) is 24.3 Å². The second kappa shape index (κ2) is 34.3. The van der Waals surface area contributed by atoms with Crippen LogP contribution in [0.1, 0.15) is 68.2 Å². The standard InChI is InChI=1S/C18H26.2C5H5.6CH3.4ClH.2Zr/c1-9-10(2)14(6)17(13(9)5)18-15(7)11(3)12(4)16(18)8;2*1-2-4-5-3-1;;;;;;;;;;;;/h13,15H,1-8H3;2*1-3H,4H2;6*1H3;4*1H;;/q;8*-1;;;;;2*+2/p-4. The molecule has 0 aliphatic heterocycles. The zero-order valence-corrected chi connectivity index (χ0v) is 35.5. The summed E-state index contributed by atoms with van der Waals surface area (Å²) in [6.07, 6.45) is 20.0. The summed E-state index contributed by atoms with van der Waals surface area (Å²) in [5, 5.41) is 0. The van der Waals surface area contributed by atoms with Crippen LogP contribution in [0.2, 0.25) is 0 Å². The number of hydrogen-bond donors (Lipinski definition) is 0. The molecule has 234 valence electrons. The van der Waals surface area contributed by atoms with Crippen molar-refractivity contribution in [1.82, 2.24) is 0 Å². The van der Waals surface area contributed by atoms with Crippen LogP contribution >= 0.6 is 17.0 Å². The van der Waals surface area contributed by atoms with Gasteiger partial charge in [-0.2, -0.15) is 12.2 Å². The average molecular weight is 787 g/mol. The molecule has 2 unspecified atom stereocenters. The van der Waals surface area contributed by atoms with Gasteiger partial charge in [0.05, 0.1) is 0 Å². The summed E-state index contributed by atoms with van der Waals surface area (Å²) in [6, 6.07) is 0. The van der Waals surface area contributed by atoms with Gasteiger partial charge in [-0.3, -0.25) is 12.2 Å². The smallest absolute Gasteiger partial charge is 2.00 e. The van der Waals surface area contributed by atoms with E-state index < -0.39 is 20.8 Å². The first-order valence-electron chi connectivity index (χ1n) is 10.9. The molecule has 0 bridgehead atoms. The van der Waals surface area contributed by atoms with E-state index in [4.69, 9.17) is 17.0 Å². The van der Waals surface area contributed by atoms with Gasteiger partial charge in [-0.05, 0) is 75.0 Å². The Kier molecular flexibility index (Phi) is 54.9. The van der Waals surface area contributed by atoms with Crippen molar-refractivity contribution in [3.63, 3.8) is 0 Å². The average Bonchev–Trinajstić information content (AvgIpc) is 3.56. The summed E-state index contributed by atoms with van der Waals surface area (Å²) in [6.45, 7) is 18.5. The van der Waals surface area contributed by atoms with E-state index >= 15 is 0 Å². The first-order valence-corrected chi connectivity index (χ1v) is 17.2. The molecule has 0 fully saturated rings. The topological polar surface area (TPSA) is 0 Å². The third-order valence-corrected chi connectivity index (χ3v) is 6.74. The van der Waals surface area contributed by atoms with Crippen molar-refractivity contribution in [1.29, 1.82) is 0 Å². The first kappa shape index (κ1) is 63.9. The number of hydrogen-bond acceptors (Lipinski definition) is 0. The quantitative estimate of drug-likeness (QED) is 0.275. The van der Waals surface area contributed by atoms with Crippen molar-refractivity contribution < 1.29 is 71.9 Å². The molecule has 0 aromatic carbocycles. The summed E-state index contributed by atoms with van der Waals surface area (Å²) in [4.78, 5) is 0. The zero-order valence-electron chi connectivity index (χ0n) is 27.5. The Hall–Kier alpha value is 0.846. The van der Waals surface area contributed by atoms with Gasteiger partial charge in [0, 0.05) is 11.8 Å². The van der Waals surface area contributed by atoms with Crippen LogP contribution in [0.5, 0.6) is 0 Å². The second-order valence-corrected chi connectivity index (χ2v) is 11.9. The summed E-state index contributed by atoms with van der Waals surface area (Å²) in [7, 11) is 9.87. The second-order valence-electron chi connectivity index (χ2n) is 8.21. The molecular weight excluding hydrogens is 733 g/mol. The molecule has 0 radical (unpaired) electrons. The molecule has 0 spiro atoms. The van der Waals surface area contributed by atoms with E-state index in [9.17, 15) is 0 Å². The Balaban J connectivity index is -0.0000000533. The summed E-state index contributed by atoms with van der Waals surface area (Å²) in [5.74, 6) is 1.19. The normalized spacial score (nSPS) is 17.9. The predicted octanol–water partition coefficient (Wildman–Crippen LogP) is 6.29. The molecule has 0 heterocycles. The fourth-order valence-corrected chi connectivity index (χ4v) is 4.28. The van der Waals surface area contributed by atoms with Crippen LogP contribution in [0.4, 0.5) is 0 Å². The third-order valence-electron chi connectivity index (χ3n) is 6.74. The summed E-state index contributed by atoms with van der Waals surface area (Å²) >= 11 is -0.826. The fourth-order valence-electron chi connectivity index (χ4n) is 4.28. The van der Waals surface area contributed by atoms with E-state index in [-0.39, 0.29) is 95.6 Å². The molecule has 2 atom stereocenters. The maximum absolute atomic E-state index is 4.93. The van der Waals surface area contributed by atoms with E-state index in [2.05, 4.69) is 79.7 Å². The van der Waals surface area contributed by atoms with Crippen LogP contribution in [-0.4, -0.2) is 0 Å². The molecule has 0 saturated carbocycles. The maximum atomic E-state index is 4.93. The number of halogens is 4. The Morgan fingerprint density at radius 3 is 0.950 bits per heavy atom. The van der Waals surface area contributed by atoms with Gasteiger partial charge in [0.2, 0.25) is 0 Å². The largest absolute Gasteiger partial charge is 2.00 e. The van der Waals surface area contributed by atoms with Gasteiger partial charge in [-0.15, -0.1) is 12.8 Å². The minimum atomic E-state index is -0.826. The Morgan fingerprint density at radius 1 is 0.600 bits per heavy atom. The molecule has 0 nitrogen and oxygen atoms in total. The van der Waals surface area contributed by atoms with E-state index in [0.717, 1.165) is 12.8 Å². The molecule has 4 rings (SSSR count). The monoisotopic (exact) mass is 782 g/mol. The molecule has 4 aliphatic carbocycles. The third kappa shape index (κ3) is 18.5. The van der Waals surface area contributed by atoms with Crippen LogP contribution in [0.15, 0.2) is 81.0 Å². The minimum Gasteiger partial charge on any atom is 2.00 e. The van der Waals surface area contributed by atoms with Crippen molar-refractivity contribution in [2.24, 2.45) is 11.8 Å².